The number of halogens is 1. The number of benzene rings is 3. The molecule has 0 atom stereocenters. The Balaban J connectivity index is 1.58. The van der Waals surface area contributed by atoms with Crippen LogP contribution in [0.1, 0.15) is 40.9 Å². The minimum Gasteiger partial charge on any atom is -0.381 e. The van der Waals surface area contributed by atoms with Gasteiger partial charge in [0, 0.05) is 34.9 Å². The van der Waals surface area contributed by atoms with Gasteiger partial charge in [0.2, 0.25) is 10.0 Å². The maximum absolute atomic E-state index is 13.2. The Kier molecular flexibility index (Phi) is 7.26. The van der Waals surface area contributed by atoms with E-state index in [1.165, 1.54) is 23.3 Å². The number of nitrogens with one attached hydrogen (secondary N) is 3. The Morgan fingerprint density at radius 3 is 2.35 bits per heavy atom. The summed E-state index contributed by atoms with van der Waals surface area (Å²) >= 11 is 6.07. The third-order valence-electron chi connectivity index (χ3n) is 5.64. The Morgan fingerprint density at radius 2 is 1.71 bits per heavy atom. The minimum absolute atomic E-state index is 0.0261. The number of hydrogen-bond donors (Lipinski definition) is 3. The van der Waals surface area contributed by atoms with Gasteiger partial charge in [-0.15, -0.1) is 0 Å². The monoisotopic (exact) mass is 497 g/mol. The fourth-order valence-electron chi connectivity index (χ4n) is 4.15. The molecular formula is C26H28ClN3O3S. The van der Waals surface area contributed by atoms with Crippen molar-refractivity contribution < 1.29 is 13.2 Å². The van der Waals surface area contributed by atoms with Gasteiger partial charge in [-0.25, -0.2) is 13.1 Å². The Hall–Kier alpha value is -2.87. The van der Waals surface area contributed by atoms with Crippen LogP contribution in [-0.4, -0.2) is 26.4 Å². The second kappa shape index (κ2) is 10.2. The number of anilines is 1. The molecule has 3 aromatic carbocycles. The lowest BCUT2D eigenvalue weighted by Crippen LogP contribution is -2.35. The zero-order chi connectivity index (χ0) is 24.3. The second-order valence-electron chi connectivity index (χ2n) is 8.85. The lowest BCUT2D eigenvalue weighted by atomic mass is 10.1. The van der Waals surface area contributed by atoms with Crippen LogP contribution in [0.4, 0.5) is 5.69 Å². The molecule has 0 unspecified atom stereocenters. The first-order valence-electron chi connectivity index (χ1n) is 11.2. The molecule has 1 amide bonds. The topological polar surface area (TPSA) is 87.3 Å². The second-order valence-corrected chi connectivity index (χ2v) is 11.0. The number of sulfonamides is 1. The van der Waals surface area contributed by atoms with E-state index < -0.39 is 10.0 Å². The van der Waals surface area contributed by atoms with Crippen molar-refractivity contribution in [3.8, 4) is 0 Å². The molecule has 1 aliphatic carbocycles. The summed E-state index contributed by atoms with van der Waals surface area (Å²) in [6, 6.07) is 19.9. The minimum atomic E-state index is -3.79. The molecule has 6 nitrogen and oxygen atoms in total. The Labute approximate surface area is 205 Å². The highest BCUT2D eigenvalue weighted by Crippen LogP contribution is 2.24. The third-order valence-corrected chi connectivity index (χ3v) is 7.51. The molecule has 0 aromatic heterocycles. The van der Waals surface area contributed by atoms with E-state index in [4.69, 9.17) is 11.6 Å². The smallest absolute Gasteiger partial charge is 0.251 e. The average Bonchev–Trinajstić information content (AvgIpc) is 3.19. The Bertz CT molecular complexity index is 1280. The van der Waals surface area contributed by atoms with Crippen molar-refractivity contribution in [3.05, 3.63) is 94.0 Å². The van der Waals surface area contributed by atoms with Gasteiger partial charge < -0.3 is 10.6 Å². The van der Waals surface area contributed by atoms with Crippen LogP contribution < -0.4 is 15.4 Å². The zero-order valence-electron chi connectivity index (χ0n) is 19.1. The van der Waals surface area contributed by atoms with Crippen molar-refractivity contribution in [1.82, 2.24) is 10.0 Å². The van der Waals surface area contributed by atoms with Gasteiger partial charge in [0.15, 0.2) is 0 Å². The third kappa shape index (κ3) is 5.97. The summed E-state index contributed by atoms with van der Waals surface area (Å²) < 4.78 is 28.4. The van der Waals surface area contributed by atoms with E-state index in [1.807, 2.05) is 30.3 Å². The SMILES string of the molecule is CC(C)NS(=O)(=O)c1cc(NCc2cccc(Cl)c2)cc(C(=O)NC2Cc3ccccc3C2)c1. The summed E-state index contributed by atoms with van der Waals surface area (Å²) in [6.45, 7) is 3.94. The average molecular weight is 498 g/mol. The van der Waals surface area contributed by atoms with Crippen LogP contribution in [0, 0.1) is 0 Å². The Morgan fingerprint density at radius 1 is 1.00 bits per heavy atom. The van der Waals surface area contributed by atoms with Crippen molar-refractivity contribution in [2.75, 3.05) is 5.32 Å². The van der Waals surface area contributed by atoms with Crippen LogP contribution in [0.2, 0.25) is 5.02 Å². The molecular weight excluding hydrogens is 470 g/mol. The summed E-state index contributed by atoms with van der Waals surface area (Å²) in [6.07, 6.45) is 1.52. The van der Waals surface area contributed by atoms with Crippen LogP contribution in [0.5, 0.6) is 0 Å². The highest BCUT2D eigenvalue weighted by atomic mass is 35.5. The van der Waals surface area contributed by atoms with Crippen LogP contribution in [-0.2, 0) is 29.4 Å². The van der Waals surface area contributed by atoms with E-state index in [-0.39, 0.29) is 28.4 Å². The van der Waals surface area contributed by atoms with Gasteiger partial charge in [-0.3, -0.25) is 4.79 Å². The highest BCUT2D eigenvalue weighted by molar-refractivity contribution is 7.89. The van der Waals surface area contributed by atoms with Gasteiger partial charge in [-0.1, -0.05) is 48.0 Å². The van der Waals surface area contributed by atoms with Crippen LogP contribution in [0.3, 0.4) is 0 Å². The summed E-state index contributed by atoms with van der Waals surface area (Å²) in [4.78, 5) is 13.2. The molecule has 8 heteroatoms. The standard InChI is InChI=1S/C26H28ClN3O3S/c1-17(2)30-34(32,33)25-14-21(13-23(15-25)28-16-18-6-5-9-22(27)10-18)26(31)29-24-11-19-7-3-4-8-20(19)12-24/h3-10,13-15,17,24,28,30H,11-12,16H2,1-2H3,(H,29,31). The van der Waals surface area contributed by atoms with Crippen molar-refractivity contribution in [1.29, 1.82) is 0 Å². The van der Waals surface area contributed by atoms with Crippen molar-refractivity contribution in [3.63, 3.8) is 0 Å². The van der Waals surface area contributed by atoms with Gasteiger partial charge in [-0.2, -0.15) is 0 Å². The lowest BCUT2D eigenvalue weighted by Gasteiger charge is -2.16. The first-order valence-corrected chi connectivity index (χ1v) is 13.1. The van der Waals surface area contributed by atoms with Crippen LogP contribution in [0.25, 0.3) is 0 Å². The molecule has 178 valence electrons. The van der Waals surface area contributed by atoms with Crippen LogP contribution >= 0.6 is 11.6 Å². The molecule has 0 radical (unpaired) electrons. The fraction of sp³-hybridized carbons (Fsp3) is 0.269. The maximum Gasteiger partial charge on any atom is 0.251 e. The molecule has 34 heavy (non-hydrogen) atoms. The quantitative estimate of drug-likeness (QED) is 0.426. The summed E-state index contributed by atoms with van der Waals surface area (Å²) in [5.74, 6) is -0.301. The zero-order valence-corrected chi connectivity index (χ0v) is 20.7. The van der Waals surface area contributed by atoms with E-state index in [0.29, 0.717) is 17.3 Å². The summed E-state index contributed by atoms with van der Waals surface area (Å²) in [5, 5.41) is 6.92. The molecule has 0 fully saturated rings. The molecule has 3 aromatic rings. The molecule has 1 aliphatic rings. The van der Waals surface area contributed by atoms with Gasteiger partial charge in [0.1, 0.15) is 0 Å². The number of hydrogen-bond acceptors (Lipinski definition) is 4. The van der Waals surface area contributed by atoms with Crippen LogP contribution in [0.15, 0.2) is 71.6 Å². The van der Waals surface area contributed by atoms with Crippen molar-refractivity contribution in [2.24, 2.45) is 0 Å². The number of carbonyl (C=O) groups excluding carboxylic acids is 1. The molecule has 0 saturated carbocycles. The van der Waals surface area contributed by atoms with Crippen molar-refractivity contribution in [2.45, 2.75) is 50.2 Å². The lowest BCUT2D eigenvalue weighted by molar-refractivity contribution is 0.0938. The predicted octanol–water partition coefficient (Wildman–Crippen LogP) is 4.54. The predicted molar refractivity (Wildman–Crippen MR) is 136 cm³/mol. The number of fused-ring (bicyclic) bond motifs is 1. The number of amides is 1. The first-order chi connectivity index (χ1) is 16.2. The fourth-order valence-corrected chi connectivity index (χ4v) is 5.68. The molecule has 0 spiro atoms. The van der Waals surface area contributed by atoms with Gasteiger partial charge in [0.05, 0.1) is 4.90 Å². The first kappa shape index (κ1) is 24.3. The molecule has 0 bridgehead atoms. The van der Waals surface area contributed by atoms with E-state index in [2.05, 4.69) is 27.5 Å². The van der Waals surface area contributed by atoms with Crippen molar-refractivity contribution >= 4 is 33.2 Å². The molecule has 0 aliphatic heterocycles. The van der Waals surface area contributed by atoms with E-state index in [1.54, 1.807) is 26.0 Å². The normalized spacial score (nSPS) is 13.6. The largest absolute Gasteiger partial charge is 0.381 e. The molecule has 4 rings (SSSR count). The number of carbonyl (C=O) groups is 1. The summed E-state index contributed by atoms with van der Waals surface area (Å²) in [7, 11) is -3.79. The molecule has 0 heterocycles. The van der Waals surface area contributed by atoms with Gasteiger partial charge >= 0.3 is 0 Å². The van der Waals surface area contributed by atoms with E-state index >= 15 is 0 Å². The van der Waals surface area contributed by atoms with Gasteiger partial charge in [0.25, 0.3) is 5.91 Å². The molecule has 3 N–H and O–H groups in total. The maximum atomic E-state index is 13.2. The van der Waals surface area contributed by atoms with E-state index in [9.17, 15) is 13.2 Å². The number of rotatable bonds is 8. The van der Waals surface area contributed by atoms with E-state index in [0.717, 1.165) is 18.4 Å². The van der Waals surface area contributed by atoms with Gasteiger partial charge in [-0.05, 0) is 73.7 Å². The molecule has 0 saturated heterocycles. The summed E-state index contributed by atoms with van der Waals surface area (Å²) in [5.41, 5.74) is 4.22. The highest BCUT2D eigenvalue weighted by Gasteiger charge is 2.24.